The maximum atomic E-state index is 13.1. The molecule has 5 nitrogen and oxygen atoms in total. The fraction of sp³-hybridized carbons (Fsp3) is 0.286. The number of carbonyl (C=O) groups is 1. The predicted molar refractivity (Wildman–Crippen MR) is 104 cm³/mol. The second kappa shape index (κ2) is 10.9. The van der Waals surface area contributed by atoms with E-state index < -0.39 is 0 Å². The summed E-state index contributed by atoms with van der Waals surface area (Å²) in [5.41, 5.74) is 1.71. The van der Waals surface area contributed by atoms with E-state index in [1.54, 1.807) is 18.2 Å². The molecule has 2 aromatic carbocycles. The molecule has 144 valence electrons. The smallest absolute Gasteiger partial charge is 0.318 e. The average molecular weight is 372 g/mol. The lowest BCUT2D eigenvalue weighted by atomic mass is 10.1. The first kappa shape index (κ1) is 20.3. The van der Waals surface area contributed by atoms with Crippen LogP contribution in [0, 0.1) is 5.82 Å². The summed E-state index contributed by atoms with van der Waals surface area (Å²) in [6, 6.07) is 11.6. The fourth-order valence-corrected chi connectivity index (χ4v) is 2.45. The van der Waals surface area contributed by atoms with E-state index in [0.717, 1.165) is 11.3 Å². The minimum Gasteiger partial charge on any atom is -0.490 e. The van der Waals surface area contributed by atoms with Gasteiger partial charge < -0.3 is 20.1 Å². The first-order valence-electron chi connectivity index (χ1n) is 8.97. The first-order chi connectivity index (χ1) is 13.1. The lowest BCUT2D eigenvalue weighted by molar-refractivity contribution is 0.244. The van der Waals surface area contributed by atoms with E-state index >= 15 is 0 Å². The highest BCUT2D eigenvalue weighted by Crippen LogP contribution is 2.28. The van der Waals surface area contributed by atoms with E-state index in [9.17, 15) is 9.18 Å². The maximum absolute atomic E-state index is 13.1. The topological polar surface area (TPSA) is 59.6 Å². The molecule has 0 spiro atoms. The van der Waals surface area contributed by atoms with Crippen LogP contribution in [0.1, 0.15) is 25.0 Å². The van der Waals surface area contributed by atoms with Crippen LogP contribution in [0.25, 0.3) is 6.08 Å². The summed E-state index contributed by atoms with van der Waals surface area (Å²) >= 11 is 0. The Morgan fingerprint density at radius 1 is 1.07 bits per heavy atom. The van der Waals surface area contributed by atoms with Gasteiger partial charge in [0, 0.05) is 12.7 Å². The number of urea groups is 1. The maximum Gasteiger partial charge on any atom is 0.318 e. The van der Waals surface area contributed by atoms with Gasteiger partial charge in [0.1, 0.15) is 5.82 Å². The average Bonchev–Trinajstić information content (AvgIpc) is 2.64. The van der Waals surface area contributed by atoms with Gasteiger partial charge >= 0.3 is 6.03 Å². The van der Waals surface area contributed by atoms with Crippen LogP contribution in [0.3, 0.4) is 0 Å². The Balaban J connectivity index is 1.79. The minimum atomic E-state index is -0.321. The largest absolute Gasteiger partial charge is 0.490 e. The highest BCUT2D eigenvalue weighted by molar-refractivity contribution is 5.75. The Bertz CT molecular complexity index is 778. The molecule has 0 saturated carbocycles. The Labute approximate surface area is 159 Å². The van der Waals surface area contributed by atoms with Gasteiger partial charge in [0.2, 0.25) is 0 Å². The van der Waals surface area contributed by atoms with Gasteiger partial charge in [-0.1, -0.05) is 18.2 Å². The number of hydrogen-bond donors (Lipinski definition) is 2. The molecule has 0 aliphatic carbocycles. The Morgan fingerprint density at radius 3 is 2.59 bits per heavy atom. The van der Waals surface area contributed by atoms with E-state index in [1.807, 2.05) is 32.0 Å². The number of benzene rings is 2. The lowest BCUT2D eigenvalue weighted by Crippen LogP contribution is -2.33. The molecule has 0 bridgehead atoms. The molecule has 0 atom stereocenters. The third kappa shape index (κ3) is 7.01. The molecule has 0 fully saturated rings. The van der Waals surface area contributed by atoms with Gasteiger partial charge in [0.05, 0.1) is 13.2 Å². The van der Waals surface area contributed by atoms with Crippen molar-refractivity contribution in [3.63, 3.8) is 0 Å². The first-order valence-corrected chi connectivity index (χ1v) is 8.97. The zero-order valence-electron chi connectivity index (χ0n) is 15.6. The summed E-state index contributed by atoms with van der Waals surface area (Å²) in [7, 11) is 0. The molecule has 2 amide bonds. The number of halogens is 1. The standard InChI is InChI=1S/C21H25FN2O3/c1-3-26-19-9-8-17(15-20(19)27-4-2)11-13-24-21(25)23-12-10-16-6-5-7-18(22)14-16/h5-10,12,14-15H,3-4,11,13H2,1-2H3,(H2,23,24,25)/b12-10+. The third-order valence-corrected chi connectivity index (χ3v) is 3.65. The molecular weight excluding hydrogens is 347 g/mol. The van der Waals surface area contributed by atoms with Crippen LogP contribution in [-0.2, 0) is 6.42 Å². The SMILES string of the molecule is CCOc1ccc(CCNC(=O)N/C=C/c2cccc(F)c2)cc1OCC. The zero-order valence-corrected chi connectivity index (χ0v) is 15.6. The van der Waals surface area contributed by atoms with Crippen molar-refractivity contribution in [1.29, 1.82) is 0 Å². The fourth-order valence-electron chi connectivity index (χ4n) is 2.45. The zero-order chi connectivity index (χ0) is 19.5. The molecule has 2 N–H and O–H groups in total. The van der Waals surface area contributed by atoms with Crippen molar-refractivity contribution in [2.75, 3.05) is 19.8 Å². The summed E-state index contributed by atoms with van der Waals surface area (Å²) in [5, 5.41) is 5.37. The second-order valence-corrected chi connectivity index (χ2v) is 5.69. The second-order valence-electron chi connectivity index (χ2n) is 5.69. The van der Waals surface area contributed by atoms with Crippen LogP contribution < -0.4 is 20.1 Å². The van der Waals surface area contributed by atoms with Gasteiger partial charge in [0.15, 0.2) is 11.5 Å². The van der Waals surface area contributed by atoms with Crippen molar-refractivity contribution < 1.29 is 18.7 Å². The Morgan fingerprint density at radius 2 is 1.85 bits per heavy atom. The van der Waals surface area contributed by atoms with Crippen LogP contribution in [-0.4, -0.2) is 25.8 Å². The molecule has 27 heavy (non-hydrogen) atoms. The van der Waals surface area contributed by atoms with Gasteiger partial charge in [-0.2, -0.15) is 0 Å². The van der Waals surface area contributed by atoms with Crippen molar-refractivity contribution in [2.24, 2.45) is 0 Å². The van der Waals surface area contributed by atoms with E-state index in [0.29, 0.717) is 37.5 Å². The number of hydrogen-bond acceptors (Lipinski definition) is 3. The quantitative estimate of drug-likeness (QED) is 0.696. The summed E-state index contributed by atoms with van der Waals surface area (Å²) in [6.07, 6.45) is 3.77. The van der Waals surface area contributed by atoms with E-state index in [-0.39, 0.29) is 11.8 Å². The van der Waals surface area contributed by atoms with Crippen LogP contribution in [0.5, 0.6) is 11.5 Å². The molecule has 0 saturated heterocycles. The van der Waals surface area contributed by atoms with Crippen LogP contribution in [0.15, 0.2) is 48.7 Å². The van der Waals surface area contributed by atoms with Crippen molar-refractivity contribution in [2.45, 2.75) is 20.3 Å². The van der Waals surface area contributed by atoms with Crippen LogP contribution in [0.2, 0.25) is 0 Å². The molecule has 0 aliphatic rings. The van der Waals surface area contributed by atoms with Gasteiger partial charge in [-0.25, -0.2) is 9.18 Å². The van der Waals surface area contributed by atoms with Crippen molar-refractivity contribution in [1.82, 2.24) is 10.6 Å². The lowest BCUT2D eigenvalue weighted by Gasteiger charge is -2.12. The molecular formula is C21H25FN2O3. The highest BCUT2D eigenvalue weighted by atomic mass is 19.1. The third-order valence-electron chi connectivity index (χ3n) is 3.65. The monoisotopic (exact) mass is 372 g/mol. The van der Waals surface area contributed by atoms with E-state index in [4.69, 9.17) is 9.47 Å². The van der Waals surface area contributed by atoms with Gasteiger partial charge in [0.25, 0.3) is 0 Å². The molecule has 0 aliphatic heterocycles. The van der Waals surface area contributed by atoms with E-state index in [1.165, 1.54) is 18.3 Å². The van der Waals surface area contributed by atoms with Gasteiger partial charge in [-0.3, -0.25) is 0 Å². The van der Waals surface area contributed by atoms with Crippen LogP contribution in [0.4, 0.5) is 9.18 Å². The van der Waals surface area contributed by atoms with Crippen molar-refractivity contribution in [3.05, 3.63) is 65.6 Å². The Hall–Kier alpha value is -3.02. The number of carbonyl (C=O) groups excluding carboxylic acids is 1. The summed E-state index contributed by atoms with van der Waals surface area (Å²) < 4.78 is 24.2. The predicted octanol–water partition coefficient (Wildman–Crippen LogP) is 4.14. The number of amides is 2. The van der Waals surface area contributed by atoms with E-state index in [2.05, 4.69) is 10.6 Å². The number of rotatable bonds is 9. The molecule has 2 aromatic rings. The van der Waals surface area contributed by atoms with Crippen LogP contribution >= 0.6 is 0 Å². The highest BCUT2D eigenvalue weighted by Gasteiger charge is 2.06. The number of ether oxygens (including phenoxy) is 2. The Kier molecular flexibility index (Phi) is 8.16. The summed E-state index contributed by atoms with van der Waals surface area (Å²) in [4.78, 5) is 11.8. The van der Waals surface area contributed by atoms with Crippen molar-refractivity contribution in [3.8, 4) is 11.5 Å². The molecule has 0 heterocycles. The molecule has 2 rings (SSSR count). The molecule has 0 unspecified atom stereocenters. The minimum absolute atomic E-state index is 0.316. The molecule has 0 radical (unpaired) electrons. The molecule has 6 heteroatoms. The normalized spacial score (nSPS) is 10.6. The van der Waals surface area contributed by atoms with Gasteiger partial charge in [-0.15, -0.1) is 0 Å². The molecule has 0 aromatic heterocycles. The summed E-state index contributed by atoms with van der Waals surface area (Å²) in [6.45, 7) is 5.45. The number of nitrogens with one attached hydrogen (secondary N) is 2. The summed E-state index contributed by atoms with van der Waals surface area (Å²) in [5.74, 6) is 1.11. The van der Waals surface area contributed by atoms with Gasteiger partial charge in [-0.05, 0) is 61.7 Å². The van der Waals surface area contributed by atoms with Crippen molar-refractivity contribution >= 4 is 12.1 Å².